The quantitative estimate of drug-likeness (QED) is 0.672. The summed E-state index contributed by atoms with van der Waals surface area (Å²) in [6.07, 6.45) is 1.94. The molecular formula is C20H27N5O3S. The van der Waals surface area contributed by atoms with Crippen LogP contribution in [0.4, 0.5) is 5.69 Å². The third kappa shape index (κ3) is 3.64. The molecule has 1 aromatic carbocycles. The summed E-state index contributed by atoms with van der Waals surface area (Å²) < 4.78 is 36.4. The number of H-pyrrole nitrogens is 1. The van der Waals surface area contributed by atoms with Gasteiger partial charge in [0, 0.05) is 6.61 Å². The van der Waals surface area contributed by atoms with E-state index in [1.165, 1.54) is 0 Å². The van der Waals surface area contributed by atoms with Crippen molar-refractivity contribution in [2.75, 3.05) is 11.3 Å². The molecule has 0 spiro atoms. The molecule has 9 heteroatoms. The molecule has 0 bridgehead atoms. The fourth-order valence-corrected chi connectivity index (χ4v) is 5.36. The van der Waals surface area contributed by atoms with Crippen LogP contribution in [0.3, 0.4) is 0 Å². The highest BCUT2D eigenvalue weighted by Crippen LogP contribution is 2.30. The summed E-state index contributed by atoms with van der Waals surface area (Å²) in [7, 11) is -3.78. The summed E-state index contributed by atoms with van der Waals surface area (Å²) in [5, 5.41) is 4.45. The molecule has 1 atom stereocenters. The van der Waals surface area contributed by atoms with Crippen LogP contribution in [-0.2, 0) is 20.3 Å². The zero-order valence-electron chi connectivity index (χ0n) is 17.4. The van der Waals surface area contributed by atoms with Crippen LogP contribution < -0.4 is 4.72 Å². The van der Waals surface area contributed by atoms with Crippen molar-refractivity contribution in [2.45, 2.75) is 64.0 Å². The lowest BCUT2D eigenvalue weighted by Crippen LogP contribution is -2.25. The Balaban J connectivity index is 1.66. The van der Waals surface area contributed by atoms with Crippen molar-refractivity contribution in [1.82, 2.24) is 19.7 Å². The van der Waals surface area contributed by atoms with Crippen molar-refractivity contribution in [3.63, 3.8) is 0 Å². The summed E-state index contributed by atoms with van der Waals surface area (Å²) in [6.45, 7) is 10.2. The number of aryl methyl sites for hydroxylation is 1. The Labute approximate surface area is 170 Å². The standard InChI is InChI=1S/C20H27N5O3S/c1-12-18(13(2)25(23-12)20(3,4)5)29(26,27)24-14-8-9-15-16(11-14)22-19(21-15)17-7-6-10-28-17/h8-9,11,17,24H,6-7,10H2,1-5H3,(H,21,22). The van der Waals surface area contributed by atoms with Crippen molar-refractivity contribution in [3.8, 4) is 0 Å². The molecule has 1 aliphatic rings. The smallest absolute Gasteiger partial charge is 0.265 e. The molecule has 1 fully saturated rings. The van der Waals surface area contributed by atoms with Crippen LogP contribution in [0.15, 0.2) is 23.1 Å². The lowest BCUT2D eigenvalue weighted by molar-refractivity contribution is 0.106. The number of nitrogens with one attached hydrogen (secondary N) is 2. The van der Waals surface area contributed by atoms with Gasteiger partial charge in [0.05, 0.1) is 33.6 Å². The lowest BCUT2D eigenvalue weighted by atomic mass is 10.1. The summed E-state index contributed by atoms with van der Waals surface area (Å²) in [5.74, 6) is 0.788. The van der Waals surface area contributed by atoms with E-state index in [1.807, 2.05) is 20.8 Å². The van der Waals surface area contributed by atoms with Crippen molar-refractivity contribution in [3.05, 3.63) is 35.4 Å². The lowest BCUT2D eigenvalue weighted by Gasteiger charge is -2.21. The maximum Gasteiger partial charge on any atom is 0.265 e. The first-order chi connectivity index (χ1) is 13.6. The third-order valence-corrected chi connectivity index (χ3v) is 6.75. The summed E-state index contributed by atoms with van der Waals surface area (Å²) in [5.41, 5.74) is 2.82. The van der Waals surface area contributed by atoms with Crippen molar-refractivity contribution in [2.24, 2.45) is 0 Å². The van der Waals surface area contributed by atoms with E-state index in [-0.39, 0.29) is 16.5 Å². The van der Waals surface area contributed by atoms with Gasteiger partial charge in [0.2, 0.25) is 0 Å². The SMILES string of the molecule is Cc1nn(C(C)(C)C)c(C)c1S(=O)(=O)Nc1ccc2nc(C3CCCO3)[nH]c2c1. The Morgan fingerprint density at radius 2 is 2.03 bits per heavy atom. The van der Waals surface area contributed by atoms with E-state index in [9.17, 15) is 8.42 Å². The number of nitrogens with zero attached hydrogens (tertiary/aromatic N) is 3. The normalized spacial score (nSPS) is 17.9. The minimum Gasteiger partial charge on any atom is -0.370 e. The van der Waals surface area contributed by atoms with Gasteiger partial charge in [0.1, 0.15) is 16.8 Å². The average molecular weight is 418 g/mol. The van der Waals surface area contributed by atoms with Crippen molar-refractivity contribution >= 4 is 26.7 Å². The van der Waals surface area contributed by atoms with Crippen LogP contribution in [0.1, 0.15) is 56.9 Å². The van der Waals surface area contributed by atoms with Gasteiger partial charge < -0.3 is 9.72 Å². The van der Waals surface area contributed by atoms with Gasteiger partial charge >= 0.3 is 0 Å². The first-order valence-electron chi connectivity index (χ1n) is 9.77. The van der Waals surface area contributed by atoms with Crippen LogP contribution in [0, 0.1) is 13.8 Å². The molecule has 8 nitrogen and oxygen atoms in total. The van der Waals surface area contributed by atoms with E-state index in [1.54, 1.807) is 36.7 Å². The topological polar surface area (TPSA) is 102 Å². The zero-order chi connectivity index (χ0) is 21.0. The first kappa shape index (κ1) is 19.9. The Morgan fingerprint density at radius 1 is 1.28 bits per heavy atom. The van der Waals surface area contributed by atoms with Gasteiger partial charge in [0.15, 0.2) is 0 Å². The molecule has 0 amide bonds. The Hall–Kier alpha value is -2.39. The number of ether oxygens (including phenoxy) is 1. The predicted molar refractivity (Wildman–Crippen MR) is 112 cm³/mol. The highest BCUT2D eigenvalue weighted by Gasteiger charge is 2.29. The highest BCUT2D eigenvalue weighted by molar-refractivity contribution is 7.92. The minimum atomic E-state index is -3.78. The second-order valence-electron chi connectivity index (χ2n) is 8.54. The Morgan fingerprint density at radius 3 is 2.66 bits per heavy atom. The molecule has 156 valence electrons. The van der Waals surface area contributed by atoms with Gasteiger partial charge in [0.25, 0.3) is 10.0 Å². The van der Waals surface area contributed by atoms with Crippen LogP contribution >= 0.6 is 0 Å². The summed E-state index contributed by atoms with van der Waals surface area (Å²) in [4.78, 5) is 8.06. The van der Waals surface area contributed by atoms with Crippen molar-refractivity contribution < 1.29 is 13.2 Å². The number of hydrogen-bond acceptors (Lipinski definition) is 5. The molecule has 1 saturated heterocycles. The van der Waals surface area contributed by atoms with Gasteiger partial charge in [-0.3, -0.25) is 9.40 Å². The Kier molecular flexibility index (Phi) is 4.70. The molecule has 3 aromatic rings. The number of sulfonamides is 1. The molecule has 1 aliphatic heterocycles. The average Bonchev–Trinajstić information content (AvgIpc) is 3.31. The van der Waals surface area contributed by atoms with E-state index in [4.69, 9.17) is 4.74 Å². The molecule has 0 saturated carbocycles. The third-order valence-electron chi connectivity index (χ3n) is 5.12. The zero-order valence-corrected chi connectivity index (χ0v) is 18.2. The van der Waals surface area contributed by atoms with Crippen molar-refractivity contribution in [1.29, 1.82) is 0 Å². The number of fused-ring (bicyclic) bond motifs is 1. The highest BCUT2D eigenvalue weighted by atomic mass is 32.2. The van der Waals surface area contributed by atoms with Gasteiger partial charge in [-0.15, -0.1) is 0 Å². The molecule has 0 aliphatic carbocycles. The molecule has 29 heavy (non-hydrogen) atoms. The minimum absolute atomic E-state index is 0.0175. The second kappa shape index (κ2) is 6.84. The van der Waals surface area contributed by atoms with E-state index in [0.717, 1.165) is 36.3 Å². The van der Waals surface area contributed by atoms with Crippen LogP contribution in [0.2, 0.25) is 0 Å². The summed E-state index contributed by atoms with van der Waals surface area (Å²) >= 11 is 0. The van der Waals surface area contributed by atoms with Crippen LogP contribution in [0.5, 0.6) is 0 Å². The number of imidazole rings is 1. The maximum atomic E-state index is 13.1. The number of hydrogen-bond donors (Lipinski definition) is 2. The fraction of sp³-hybridized carbons (Fsp3) is 0.500. The van der Waals surface area contributed by atoms with E-state index >= 15 is 0 Å². The molecule has 3 heterocycles. The van der Waals surface area contributed by atoms with Gasteiger partial charge in [-0.25, -0.2) is 13.4 Å². The van der Waals surface area contributed by atoms with Gasteiger partial charge in [-0.2, -0.15) is 5.10 Å². The molecule has 4 rings (SSSR count). The fourth-order valence-electron chi connectivity index (χ4n) is 3.92. The predicted octanol–water partition coefficient (Wildman–Crippen LogP) is 3.78. The number of benzene rings is 1. The van der Waals surface area contributed by atoms with E-state index in [2.05, 4.69) is 19.8 Å². The first-order valence-corrected chi connectivity index (χ1v) is 11.3. The monoisotopic (exact) mass is 417 g/mol. The number of anilines is 1. The molecule has 2 N–H and O–H groups in total. The second-order valence-corrected chi connectivity index (χ2v) is 10.2. The van der Waals surface area contributed by atoms with E-state index in [0.29, 0.717) is 17.1 Å². The molecule has 2 aromatic heterocycles. The molecular weight excluding hydrogens is 390 g/mol. The largest absolute Gasteiger partial charge is 0.370 e. The van der Waals surface area contributed by atoms with Gasteiger partial charge in [-0.05, 0) is 65.7 Å². The van der Waals surface area contributed by atoms with Crippen LogP contribution in [-0.4, -0.2) is 34.8 Å². The number of rotatable bonds is 4. The molecule has 1 unspecified atom stereocenters. The Bertz CT molecular complexity index is 1160. The summed E-state index contributed by atoms with van der Waals surface area (Å²) in [6, 6.07) is 5.29. The van der Waals surface area contributed by atoms with Crippen LogP contribution in [0.25, 0.3) is 11.0 Å². The van der Waals surface area contributed by atoms with Gasteiger partial charge in [-0.1, -0.05) is 0 Å². The number of aromatic nitrogens is 4. The molecule has 0 radical (unpaired) electrons. The van der Waals surface area contributed by atoms with E-state index < -0.39 is 10.0 Å². The maximum absolute atomic E-state index is 13.1. The number of aromatic amines is 1.